The minimum Gasteiger partial charge on any atom is -0.394 e. The molecule has 2 N–H and O–H groups in total. The topological polar surface area (TPSA) is 109 Å². The highest BCUT2D eigenvalue weighted by atomic mass is 16.3. The average molecular weight is 294 g/mol. The van der Waals surface area contributed by atoms with Gasteiger partial charge in [-0.1, -0.05) is 0 Å². The Morgan fingerprint density at radius 2 is 2.24 bits per heavy atom. The second-order valence-corrected chi connectivity index (χ2v) is 4.89. The van der Waals surface area contributed by atoms with Gasteiger partial charge < -0.3 is 19.7 Å². The van der Waals surface area contributed by atoms with Crippen molar-refractivity contribution in [2.45, 2.75) is 12.6 Å². The Bertz CT molecular complexity index is 718. The number of aliphatic imine (C=N–C) groups is 1. The van der Waals surface area contributed by atoms with E-state index in [0.29, 0.717) is 5.65 Å². The number of aliphatic hydroxyl groups excluding tert-OH is 2. The van der Waals surface area contributed by atoms with Crippen molar-refractivity contribution in [3.05, 3.63) is 16.7 Å². The number of hydrogen-bond acceptors (Lipinski definition) is 6. The van der Waals surface area contributed by atoms with E-state index >= 15 is 0 Å². The van der Waals surface area contributed by atoms with Crippen LogP contribution in [0.15, 0.2) is 16.1 Å². The van der Waals surface area contributed by atoms with Crippen LogP contribution in [0.25, 0.3) is 11.2 Å². The summed E-state index contributed by atoms with van der Waals surface area (Å²) in [6.45, 7) is -0.278. The SMILES string of the molecule is CN(C)C=Nc1nc2c(ncn2C[C@H](O)CO)c(=O)n1C. The van der Waals surface area contributed by atoms with Gasteiger partial charge in [0.1, 0.15) is 0 Å². The number of nitrogens with zero attached hydrogens (tertiary/aromatic N) is 6. The molecule has 114 valence electrons. The molecule has 0 saturated heterocycles. The van der Waals surface area contributed by atoms with Gasteiger partial charge in [0, 0.05) is 21.1 Å². The van der Waals surface area contributed by atoms with Gasteiger partial charge in [0.25, 0.3) is 5.56 Å². The molecule has 0 aromatic carbocycles. The molecule has 0 amide bonds. The largest absolute Gasteiger partial charge is 0.394 e. The van der Waals surface area contributed by atoms with Crippen LogP contribution in [-0.4, -0.2) is 67.4 Å². The molecule has 0 spiro atoms. The summed E-state index contributed by atoms with van der Waals surface area (Å²) in [5.41, 5.74) is 0.214. The lowest BCUT2D eigenvalue weighted by atomic mass is 10.4. The molecule has 0 unspecified atom stereocenters. The number of hydrogen-bond donors (Lipinski definition) is 2. The monoisotopic (exact) mass is 294 g/mol. The van der Waals surface area contributed by atoms with Crippen molar-refractivity contribution in [1.29, 1.82) is 0 Å². The lowest BCUT2D eigenvalue weighted by Gasteiger charge is -2.09. The van der Waals surface area contributed by atoms with Gasteiger partial charge in [-0.05, 0) is 0 Å². The standard InChI is InChI=1S/C12H18N6O3/c1-16(2)6-14-12-15-10-9(11(21)17(12)3)13-7-18(10)4-8(20)5-19/h6-8,19-20H,4-5H2,1-3H3/t8-/m0/s1. The van der Waals surface area contributed by atoms with Crippen molar-refractivity contribution < 1.29 is 10.2 Å². The third-order valence-corrected chi connectivity index (χ3v) is 2.85. The number of rotatable bonds is 5. The third kappa shape index (κ3) is 3.09. The zero-order valence-corrected chi connectivity index (χ0v) is 12.1. The van der Waals surface area contributed by atoms with Gasteiger partial charge in [-0.2, -0.15) is 4.98 Å². The Balaban J connectivity index is 2.55. The predicted octanol–water partition coefficient (Wildman–Crippen LogP) is -1.30. The van der Waals surface area contributed by atoms with E-state index in [1.54, 1.807) is 11.9 Å². The van der Waals surface area contributed by atoms with Gasteiger partial charge in [0.05, 0.1) is 31.9 Å². The van der Waals surface area contributed by atoms with E-state index in [9.17, 15) is 9.90 Å². The first-order valence-corrected chi connectivity index (χ1v) is 6.35. The summed E-state index contributed by atoms with van der Waals surface area (Å²) in [6, 6.07) is 0. The molecule has 0 saturated carbocycles. The molecular formula is C12H18N6O3. The summed E-state index contributed by atoms with van der Waals surface area (Å²) in [5, 5.41) is 18.4. The van der Waals surface area contributed by atoms with Crippen molar-refractivity contribution in [2.24, 2.45) is 12.0 Å². The van der Waals surface area contributed by atoms with Crippen LogP contribution in [0.2, 0.25) is 0 Å². The van der Waals surface area contributed by atoms with Crippen LogP contribution < -0.4 is 5.56 Å². The van der Waals surface area contributed by atoms with E-state index in [0.717, 1.165) is 0 Å². The summed E-state index contributed by atoms with van der Waals surface area (Å²) in [5.74, 6) is 0.237. The summed E-state index contributed by atoms with van der Waals surface area (Å²) in [7, 11) is 5.18. The van der Waals surface area contributed by atoms with E-state index in [1.807, 2.05) is 14.1 Å². The van der Waals surface area contributed by atoms with Gasteiger partial charge in [-0.15, -0.1) is 0 Å². The maximum Gasteiger partial charge on any atom is 0.282 e. The molecular weight excluding hydrogens is 276 g/mol. The fourth-order valence-corrected chi connectivity index (χ4v) is 1.76. The van der Waals surface area contributed by atoms with Crippen molar-refractivity contribution in [1.82, 2.24) is 24.0 Å². The van der Waals surface area contributed by atoms with Crippen LogP contribution in [0.4, 0.5) is 5.95 Å². The molecule has 9 nitrogen and oxygen atoms in total. The minimum absolute atomic E-state index is 0.101. The van der Waals surface area contributed by atoms with Gasteiger partial charge in [0.2, 0.25) is 5.95 Å². The number of aliphatic hydroxyl groups is 2. The molecule has 0 aliphatic heterocycles. The highest BCUT2D eigenvalue weighted by molar-refractivity contribution is 5.71. The second kappa shape index (κ2) is 6.02. The number of fused-ring (bicyclic) bond motifs is 1. The number of aromatic nitrogens is 4. The first-order chi connectivity index (χ1) is 9.93. The highest BCUT2D eigenvalue weighted by Crippen LogP contribution is 2.12. The van der Waals surface area contributed by atoms with E-state index < -0.39 is 6.10 Å². The Hall–Kier alpha value is -2.26. The summed E-state index contributed by atoms with van der Waals surface area (Å²) in [4.78, 5) is 26.4. The molecule has 9 heteroatoms. The molecule has 0 aliphatic rings. The smallest absolute Gasteiger partial charge is 0.282 e. The van der Waals surface area contributed by atoms with Crippen molar-refractivity contribution in [3.8, 4) is 0 Å². The zero-order valence-electron chi connectivity index (χ0n) is 12.1. The van der Waals surface area contributed by atoms with Gasteiger partial charge in [-0.25, -0.2) is 9.98 Å². The Morgan fingerprint density at radius 1 is 1.52 bits per heavy atom. The number of imidazole rings is 1. The van der Waals surface area contributed by atoms with Gasteiger partial charge in [-0.3, -0.25) is 9.36 Å². The average Bonchev–Trinajstić information content (AvgIpc) is 2.84. The van der Waals surface area contributed by atoms with Crippen LogP contribution in [0, 0.1) is 0 Å². The van der Waals surface area contributed by atoms with Crippen molar-refractivity contribution in [3.63, 3.8) is 0 Å². The van der Waals surface area contributed by atoms with Crippen LogP contribution in [-0.2, 0) is 13.6 Å². The Kier molecular flexibility index (Phi) is 4.34. The highest BCUT2D eigenvalue weighted by Gasteiger charge is 2.14. The molecule has 2 rings (SSSR count). The van der Waals surface area contributed by atoms with E-state index in [1.165, 1.54) is 21.8 Å². The minimum atomic E-state index is -0.943. The van der Waals surface area contributed by atoms with Crippen LogP contribution in [0.5, 0.6) is 0 Å². The maximum absolute atomic E-state index is 12.2. The molecule has 2 aromatic rings. The van der Waals surface area contributed by atoms with Crippen LogP contribution >= 0.6 is 0 Å². The first-order valence-electron chi connectivity index (χ1n) is 6.35. The van der Waals surface area contributed by atoms with E-state index in [4.69, 9.17) is 5.11 Å². The summed E-state index contributed by atoms with van der Waals surface area (Å²) >= 11 is 0. The molecule has 0 bridgehead atoms. The molecule has 2 aromatic heterocycles. The lowest BCUT2D eigenvalue weighted by molar-refractivity contribution is 0.0820. The molecule has 2 heterocycles. The first kappa shape index (κ1) is 15.1. The van der Waals surface area contributed by atoms with Gasteiger partial charge in [0.15, 0.2) is 11.2 Å². The normalized spacial score (nSPS) is 13.2. The van der Waals surface area contributed by atoms with Crippen LogP contribution in [0.3, 0.4) is 0 Å². The lowest BCUT2D eigenvalue weighted by Crippen LogP contribution is -2.22. The maximum atomic E-state index is 12.2. The van der Waals surface area contributed by atoms with Crippen LogP contribution in [0.1, 0.15) is 0 Å². The Labute approximate surface area is 120 Å². The quantitative estimate of drug-likeness (QED) is 0.524. The fourth-order valence-electron chi connectivity index (χ4n) is 1.76. The van der Waals surface area contributed by atoms with E-state index in [2.05, 4.69) is 15.0 Å². The summed E-state index contributed by atoms with van der Waals surface area (Å²) < 4.78 is 2.83. The third-order valence-electron chi connectivity index (χ3n) is 2.85. The van der Waals surface area contributed by atoms with E-state index in [-0.39, 0.29) is 30.2 Å². The van der Waals surface area contributed by atoms with Crippen molar-refractivity contribution in [2.75, 3.05) is 20.7 Å². The molecule has 0 aliphatic carbocycles. The second-order valence-electron chi connectivity index (χ2n) is 4.89. The zero-order chi connectivity index (χ0) is 15.6. The molecule has 0 fully saturated rings. The molecule has 0 radical (unpaired) electrons. The summed E-state index contributed by atoms with van der Waals surface area (Å²) in [6.07, 6.45) is 2.01. The Morgan fingerprint density at radius 3 is 2.86 bits per heavy atom. The molecule has 21 heavy (non-hydrogen) atoms. The molecule has 1 atom stereocenters. The van der Waals surface area contributed by atoms with Gasteiger partial charge >= 0.3 is 0 Å². The predicted molar refractivity (Wildman–Crippen MR) is 77.7 cm³/mol. The van der Waals surface area contributed by atoms with Crippen molar-refractivity contribution >= 4 is 23.5 Å². The fraction of sp³-hybridized carbons (Fsp3) is 0.500.